The van der Waals surface area contributed by atoms with Crippen LogP contribution >= 0.6 is 12.4 Å². The molecule has 5 heteroatoms. The maximum atomic E-state index is 9.67. The zero-order chi connectivity index (χ0) is 12.5. The zero-order valence-corrected chi connectivity index (χ0v) is 11.9. The normalized spacial score (nSPS) is 26.4. The highest BCUT2D eigenvalue weighted by atomic mass is 35.5. The lowest BCUT2D eigenvalue weighted by Gasteiger charge is -2.39. The molecule has 0 radical (unpaired) electrons. The van der Waals surface area contributed by atoms with Crippen LogP contribution in [0.5, 0.6) is 11.5 Å². The van der Waals surface area contributed by atoms with E-state index < -0.39 is 0 Å². The first-order valence-corrected chi connectivity index (χ1v) is 6.61. The summed E-state index contributed by atoms with van der Waals surface area (Å²) in [7, 11) is 0. The predicted molar refractivity (Wildman–Crippen MR) is 75.2 cm³/mol. The number of benzene rings is 1. The van der Waals surface area contributed by atoms with Gasteiger partial charge in [-0.1, -0.05) is 6.92 Å². The van der Waals surface area contributed by atoms with Gasteiger partial charge in [0.15, 0.2) is 0 Å². The fraction of sp³-hybridized carbons (Fsp3) is 0.571. The Balaban J connectivity index is 0.00000133. The fourth-order valence-corrected chi connectivity index (χ4v) is 2.97. The molecule has 1 fully saturated rings. The van der Waals surface area contributed by atoms with Gasteiger partial charge in [0.05, 0.1) is 13.2 Å². The third-order valence-corrected chi connectivity index (χ3v) is 3.87. The highest BCUT2D eigenvalue weighted by Gasteiger charge is 2.36. The second-order valence-electron chi connectivity index (χ2n) is 4.85. The van der Waals surface area contributed by atoms with Crippen molar-refractivity contribution in [3.8, 4) is 11.5 Å². The lowest BCUT2D eigenvalue weighted by molar-refractivity contribution is -0.0725. The molecule has 1 aromatic rings. The lowest BCUT2D eigenvalue weighted by Crippen LogP contribution is -2.46. The molecule has 0 aromatic heterocycles. The van der Waals surface area contributed by atoms with Gasteiger partial charge >= 0.3 is 0 Å². The van der Waals surface area contributed by atoms with E-state index in [9.17, 15) is 5.11 Å². The number of fused-ring (bicyclic) bond motifs is 3. The van der Waals surface area contributed by atoms with Crippen LogP contribution in [0.2, 0.25) is 0 Å². The van der Waals surface area contributed by atoms with Crippen molar-refractivity contribution in [1.82, 2.24) is 4.90 Å². The Morgan fingerprint density at radius 3 is 3.00 bits per heavy atom. The Labute approximate surface area is 119 Å². The average molecular weight is 286 g/mol. The Morgan fingerprint density at radius 2 is 2.21 bits per heavy atom. The maximum absolute atomic E-state index is 9.67. The molecule has 1 aromatic carbocycles. The summed E-state index contributed by atoms with van der Waals surface area (Å²) in [5.41, 5.74) is 0.982. The molecule has 2 heterocycles. The summed E-state index contributed by atoms with van der Waals surface area (Å²) in [5, 5.41) is 9.67. The van der Waals surface area contributed by atoms with Gasteiger partial charge in [-0.2, -0.15) is 0 Å². The second kappa shape index (κ2) is 5.99. The van der Waals surface area contributed by atoms with E-state index in [4.69, 9.17) is 9.47 Å². The average Bonchev–Trinajstić information content (AvgIpc) is 2.57. The van der Waals surface area contributed by atoms with Crippen LogP contribution in [0.4, 0.5) is 0 Å². The largest absolute Gasteiger partial charge is 0.508 e. The number of likely N-dealkylation sites (N-methyl/N-ethyl adjacent to an activating group) is 1. The molecule has 2 atom stereocenters. The Morgan fingerprint density at radius 1 is 1.37 bits per heavy atom. The molecular formula is C14H20ClNO3. The van der Waals surface area contributed by atoms with Crippen molar-refractivity contribution < 1.29 is 14.6 Å². The number of rotatable bonds is 1. The molecule has 1 N–H and O–H groups in total. The number of hydrogen-bond donors (Lipinski definition) is 1. The fourth-order valence-electron chi connectivity index (χ4n) is 2.97. The molecule has 3 rings (SSSR count). The smallest absolute Gasteiger partial charge is 0.125 e. The summed E-state index contributed by atoms with van der Waals surface area (Å²) in [4.78, 5) is 2.44. The number of halogens is 1. The van der Waals surface area contributed by atoms with E-state index in [0.717, 1.165) is 37.4 Å². The van der Waals surface area contributed by atoms with Crippen molar-refractivity contribution in [1.29, 1.82) is 0 Å². The highest BCUT2D eigenvalue weighted by molar-refractivity contribution is 5.85. The third kappa shape index (κ3) is 2.66. The molecule has 106 valence electrons. The van der Waals surface area contributed by atoms with Gasteiger partial charge in [-0.15, -0.1) is 12.4 Å². The summed E-state index contributed by atoms with van der Waals surface area (Å²) in [6.45, 7) is 5.63. The number of nitrogens with zero attached hydrogens (tertiary/aromatic N) is 1. The van der Waals surface area contributed by atoms with Crippen molar-refractivity contribution >= 4 is 12.4 Å². The number of ether oxygens (including phenoxy) is 2. The molecule has 0 unspecified atom stereocenters. The Bertz CT molecular complexity index is 441. The van der Waals surface area contributed by atoms with Crippen LogP contribution in [0.15, 0.2) is 18.2 Å². The van der Waals surface area contributed by atoms with E-state index in [1.807, 2.05) is 6.07 Å². The third-order valence-electron chi connectivity index (χ3n) is 3.87. The SMILES string of the molecule is CCN1CCO[C@H]2c3cc(O)ccc3OCC[C@@H]21.Cl. The van der Waals surface area contributed by atoms with Crippen molar-refractivity contribution in [3.05, 3.63) is 23.8 Å². The van der Waals surface area contributed by atoms with E-state index in [1.165, 1.54) is 0 Å². The highest BCUT2D eigenvalue weighted by Crippen LogP contribution is 2.39. The number of hydrogen-bond acceptors (Lipinski definition) is 4. The molecule has 0 bridgehead atoms. The van der Waals surface area contributed by atoms with Crippen LogP contribution in [0, 0.1) is 0 Å². The van der Waals surface area contributed by atoms with Crippen LogP contribution < -0.4 is 4.74 Å². The first-order chi connectivity index (χ1) is 8.79. The minimum Gasteiger partial charge on any atom is -0.508 e. The first kappa shape index (κ1) is 14.4. The summed E-state index contributed by atoms with van der Waals surface area (Å²) in [5.74, 6) is 1.12. The second-order valence-corrected chi connectivity index (χ2v) is 4.85. The summed E-state index contributed by atoms with van der Waals surface area (Å²) in [6.07, 6.45) is 0.983. The molecule has 1 saturated heterocycles. The standard InChI is InChI=1S/C14H19NO3.ClH/c1-2-15-6-8-18-14-11-9-10(16)3-4-13(11)17-7-5-12(14)15;/h3-4,9,12,14,16H,2,5-8H2,1H3;1H/t12-,14-;/m0./s1. The minimum absolute atomic E-state index is 0. The number of morpholine rings is 1. The van der Waals surface area contributed by atoms with Crippen LogP contribution in [0.3, 0.4) is 0 Å². The van der Waals surface area contributed by atoms with E-state index in [2.05, 4.69) is 11.8 Å². The molecule has 0 amide bonds. The maximum Gasteiger partial charge on any atom is 0.125 e. The lowest BCUT2D eigenvalue weighted by atomic mass is 9.97. The van der Waals surface area contributed by atoms with Crippen molar-refractivity contribution in [2.24, 2.45) is 0 Å². The number of phenols is 1. The predicted octanol–water partition coefficient (Wildman–Crippen LogP) is 2.36. The van der Waals surface area contributed by atoms with Crippen molar-refractivity contribution in [3.63, 3.8) is 0 Å². The van der Waals surface area contributed by atoms with E-state index in [-0.39, 0.29) is 24.3 Å². The molecule has 19 heavy (non-hydrogen) atoms. The first-order valence-electron chi connectivity index (χ1n) is 6.61. The van der Waals surface area contributed by atoms with Crippen LogP contribution in [0.1, 0.15) is 25.0 Å². The number of aromatic hydroxyl groups is 1. The van der Waals surface area contributed by atoms with E-state index >= 15 is 0 Å². The molecular weight excluding hydrogens is 266 g/mol. The van der Waals surface area contributed by atoms with Crippen LogP contribution in [-0.2, 0) is 4.74 Å². The van der Waals surface area contributed by atoms with E-state index in [0.29, 0.717) is 12.6 Å². The summed E-state index contributed by atoms with van der Waals surface area (Å²) >= 11 is 0. The zero-order valence-electron chi connectivity index (χ0n) is 11.0. The van der Waals surface area contributed by atoms with Crippen LogP contribution in [-0.4, -0.2) is 42.4 Å². The molecule has 0 saturated carbocycles. The van der Waals surface area contributed by atoms with Gasteiger partial charge in [0.2, 0.25) is 0 Å². The summed E-state index contributed by atoms with van der Waals surface area (Å²) in [6, 6.07) is 5.63. The van der Waals surface area contributed by atoms with Gasteiger partial charge < -0.3 is 14.6 Å². The van der Waals surface area contributed by atoms with Gasteiger partial charge in [-0.05, 0) is 31.2 Å². The molecule has 2 aliphatic rings. The van der Waals surface area contributed by atoms with Gasteiger partial charge in [0.1, 0.15) is 17.6 Å². The Hall–Kier alpha value is -0.970. The van der Waals surface area contributed by atoms with Crippen LogP contribution in [0.25, 0.3) is 0 Å². The van der Waals surface area contributed by atoms with Gasteiger partial charge in [-0.25, -0.2) is 0 Å². The minimum atomic E-state index is 0. The van der Waals surface area contributed by atoms with Gasteiger partial charge in [-0.3, -0.25) is 4.90 Å². The van der Waals surface area contributed by atoms with Gasteiger partial charge in [0, 0.05) is 18.2 Å². The van der Waals surface area contributed by atoms with Crippen molar-refractivity contribution in [2.75, 3.05) is 26.3 Å². The molecule has 2 aliphatic heterocycles. The Kier molecular flexibility index (Phi) is 4.55. The molecule has 0 aliphatic carbocycles. The number of phenolic OH excluding ortho intramolecular Hbond substituents is 1. The summed E-state index contributed by atoms with van der Waals surface area (Å²) < 4.78 is 11.7. The topological polar surface area (TPSA) is 41.9 Å². The quantitative estimate of drug-likeness (QED) is 0.860. The van der Waals surface area contributed by atoms with Crippen molar-refractivity contribution in [2.45, 2.75) is 25.5 Å². The van der Waals surface area contributed by atoms with Gasteiger partial charge in [0.25, 0.3) is 0 Å². The molecule has 0 spiro atoms. The van der Waals surface area contributed by atoms with E-state index in [1.54, 1.807) is 12.1 Å². The molecule has 4 nitrogen and oxygen atoms in total. The monoisotopic (exact) mass is 285 g/mol.